The maximum Gasteiger partial charge on any atom is 0.212 e. The van der Waals surface area contributed by atoms with Crippen LogP contribution < -0.4 is 0 Å². The molecule has 1 aliphatic heterocycles. The third-order valence-corrected chi connectivity index (χ3v) is 11.2. The van der Waals surface area contributed by atoms with Crippen LogP contribution in [0.4, 0.5) is 5.69 Å². The Morgan fingerprint density at radius 1 is 0.625 bits per heavy atom. The van der Waals surface area contributed by atoms with Gasteiger partial charge < -0.3 is 0 Å². The van der Waals surface area contributed by atoms with Crippen LogP contribution in [0.25, 0.3) is 0 Å². The van der Waals surface area contributed by atoms with Crippen molar-refractivity contribution in [1.82, 2.24) is 0 Å². The van der Waals surface area contributed by atoms with Crippen molar-refractivity contribution in [1.29, 1.82) is 0 Å². The Morgan fingerprint density at radius 3 is 1.93 bits per heavy atom. The average molecular weight is 533 g/mol. The van der Waals surface area contributed by atoms with Gasteiger partial charge in [0.05, 0.1) is 6.42 Å². The maximum absolute atomic E-state index is 2.48. The van der Waals surface area contributed by atoms with Crippen molar-refractivity contribution in [2.45, 2.75) is 114 Å². The summed E-state index contributed by atoms with van der Waals surface area (Å²) in [5, 5.41) is 0. The van der Waals surface area contributed by atoms with Crippen LogP contribution in [-0.2, 0) is 12.8 Å². The van der Waals surface area contributed by atoms with Gasteiger partial charge in [0.15, 0.2) is 5.71 Å². The van der Waals surface area contributed by atoms with Crippen molar-refractivity contribution in [3.63, 3.8) is 0 Å². The molecule has 0 amide bonds. The van der Waals surface area contributed by atoms with E-state index in [4.69, 9.17) is 0 Å². The lowest BCUT2D eigenvalue weighted by Crippen LogP contribution is -2.06. The molecule has 1 heteroatoms. The van der Waals surface area contributed by atoms with Gasteiger partial charge in [0, 0.05) is 23.1 Å². The second-order valence-electron chi connectivity index (χ2n) is 13.0. The minimum Gasteiger partial charge on any atom is -0.198 e. The Bertz CT molecular complexity index is 1580. The largest absolute Gasteiger partial charge is 0.212 e. The first kappa shape index (κ1) is 28.6. The molecule has 0 spiro atoms. The maximum atomic E-state index is 2.48. The highest BCUT2D eigenvalue weighted by Crippen LogP contribution is 2.43. The van der Waals surface area contributed by atoms with Crippen molar-refractivity contribution < 1.29 is 4.58 Å². The van der Waals surface area contributed by atoms with Gasteiger partial charge >= 0.3 is 0 Å². The number of hydrogen-bond acceptors (Lipinski definition) is 0. The summed E-state index contributed by atoms with van der Waals surface area (Å²) >= 11 is 0. The minimum atomic E-state index is 0.509. The van der Waals surface area contributed by atoms with Gasteiger partial charge in [-0.05, 0) is 161 Å². The lowest BCUT2D eigenvalue weighted by Gasteiger charge is -2.17. The normalized spacial score (nSPS) is 21.3. The van der Waals surface area contributed by atoms with E-state index in [-0.39, 0.29) is 0 Å². The summed E-state index contributed by atoms with van der Waals surface area (Å²) in [6.07, 6.45) is 16.8. The van der Waals surface area contributed by atoms with Gasteiger partial charge in [0.25, 0.3) is 0 Å². The molecular formula is C39H50N+. The number of allylic oxidation sites excluding steroid dienone is 8. The van der Waals surface area contributed by atoms with Crippen molar-refractivity contribution in [2.24, 2.45) is 0 Å². The van der Waals surface area contributed by atoms with Crippen LogP contribution in [0.15, 0.2) is 46.6 Å². The summed E-state index contributed by atoms with van der Waals surface area (Å²) in [5.74, 6) is 0.509. The Labute approximate surface area is 244 Å². The van der Waals surface area contributed by atoms with Crippen LogP contribution in [-0.4, -0.2) is 17.3 Å². The zero-order valence-electron chi connectivity index (χ0n) is 27.1. The van der Waals surface area contributed by atoms with Gasteiger partial charge in [-0.2, -0.15) is 4.58 Å². The van der Waals surface area contributed by atoms with Crippen LogP contribution >= 0.6 is 0 Å². The number of nitrogens with zero attached hydrogens (tertiary/aromatic N) is 1. The molecule has 0 fully saturated rings. The minimum absolute atomic E-state index is 0.509. The third kappa shape index (κ3) is 4.60. The molecule has 2 aromatic carbocycles. The summed E-state index contributed by atoms with van der Waals surface area (Å²) in [6.45, 7) is 23.2. The Kier molecular flexibility index (Phi) is 7.73. The fourth-order valence-corrected chi connectivity index (χ4v) is 7.67. The molecule has 3 aliphatic rings. The van der Waals surface area contributed by atoms with E-state index in [9.17, 15) is 0 Å². The average Bonchev–Trinajstić information content (AvgIpc) is 3.38. The van der Waals surface area contributed by atoms with Crippen LogP contribution in [0.1, 0.15) is 107 Å². The standard InChI is InChI=1S/C39H50N/c1-22-24(3)28(7)38-31(10)34(20-36(38)26(22)5)17-16-32-14-12-13-15-33(30(32)9)18-19-35-21-37-27(6)23(2)25(4)29(8)39(37)40(35)11/h16-19,31H,12-15,20-21H2,1-11H3/q+1/b19-18+,32-16?,34-17+. The van der Waals surface area contributed by atoms with E-state index in [1.54, 1.807) is 16.7 Å². The van der Waals surface area contributed by atoms with Gasteiger partial charge in [-0.1, -0.05) is 30.7 Å². The van der Waals surface area contributed by atoms with Gasteiger partial charge in [0.2, 0.25) is 5.69 Å². The molecule has 5 rings (SSSR count). The monoisotopic (exact) mass is 532 g/mol. The Hall–Kier alpha value is -2.93. The summed E-state index contributed by atoms with van der Waals surface area (Å²) in [4.78, 5) is 0. The highest BCUT2D eigenvalue weighted by atomic mass is 15.0. The van der Waals surface area contributed by atoms with E-state index < -0.39 is 0 Å². The smallest absolute Gasteiger partial charge is 0.198 e. The Balaban J connectivity index is 1.45. The molecule has 0 saturated heterocycles. The first-order chi connectivity index (χ1) is 18.9. The summed E-state index contributed by atoms with van der Waals surface area (Å²) in [7, 11) is 2.26. The fraction of sp³-hybridized carbons (Fsp3) is 0.462. The van der Waals surface area contributed by atoms with E-state index in [0.29, 0.717) is 5.92 Å². The summed E-state index contributed by atoms with van der Waals surface area (Å²) < 4.78 is 2.45. The molecular weight excluding hydrogens is 482 g/mol. The second kappa shape index (κ2) is 10.8. The van der Waals surface area contributed by atoms with Crippen molar-refractivity contribution in [3.05, 3.63) is 108 Å². The van der Waals surface area contributed by atoms with Gasteiger partial charge in [-0.25, -0.2) is 0 Å². The van der Waals surface area contributed by atoms with Crippen LogP contribution in [0.5, 0.6) is 0 Å². The molecule has 2 aromatic rings. The van der Waals surface area contributed by atoms with Crippen molar-refractivity contribution in [2.75, 3.05) is 7.05 Å². The first-order valence-electron chi connectivity index (χ1n) is 15.5. The van der Waals surface area contributed by atoms with E-state index in [1.165, 1.54) is 104 Å². The van der Waals surface area contributed by atoms with Crippen molar-refractivity contribution >= 4 is 11.4 Å². The molecule has 1 atom stereocenters. The number of hydrogen-bond donors (Lipinski definition) is 0. The lowest BCUT2D eigenvalue weighted by molar-refractivity contribution is -0.401. The molecule has 0 N–H and O–H groups in total. The van der Waals surface area contributed by atoms with Crippen LogP contribution in [0, 0.1) is 55.4 Å². The molecule has 0 saturated carbocycles. The highest BCUT2D eigenvalue weighted by Gasteiger charge is 2.31. The van der Waals surface area contributed by atoms with E-state index in [2.05, 4.69) is 105 Å². The SMILES string of the molecule is CC1=C(/C=C/C2=[N+](C)c3c(C)c(C)c(C)c(C)c3C2)CCCCC1=C/C=C1\Cc2c(C)c(C)c(C)c(C)c2C1C. The first-order valence-corrected chi connectivity index (χ1v) is 15.5. The molecule has 40 heavy (non-hydrogen) atoms. The molecule has 2 aliphatic carbocycles. The molecule has 0 bridgehead atoms. The fourth-order valence-electron chi connectivity index (χ4n) is 7.67. The quantitative estimate of drug-likeness (QED) is 0.346. The van der Waals surface area contributed by atoms with Gasteiger partial charge in [-0.15, -0.1) is 0 Å². The summed E-state index contributed by atoms with van der Waals surface area (Å²) in [5.41, 5.74) is 25.4. The molecule has 0 aromatic heterocycles. The number of benzene rings is 2. The number of fused-ring (bicyclic) bond motifs is 2. The lowest BCUT2D eigenvalue weighted by atomic mass is 9.88. The zero-order valence-corrected chi connectivity index (χ0v) is 27.1. The number of rotatable bonds is 3. The van der Waals surface area contributed by atoms with Gasteiger partial charge in [-0.3, -0.25) is 0 Å². The van der Waals surface area contributed by atoms with Crippen molar-refractivity contribution in [3.8, 4) is 0 Å². The Morgan fingerprint density at radius 2 is 1.23 bits per heavy atom. The zero-order chi connectivity index (χ0) is 29.0. The van der Waals surface area contributed by atoms with Gasteiger partial charge in [0.1, 0.15) is 7.05 Å². The second-order valence-corrected chi connectivity index (χ2v) is 13.0. The third-order valence-electron chi connectivity index (χ3n) is 11.2. The predicted molar refractivity (Wildman–Crippen MR) is 174 cm³/mol. The van der Waals surface area contributed by atoms with E-state index in [1.807, 2.05) is 0 Å². The van der Waals surface area contributed by atoms with E-state index in [0.717, 1.165) is 12.8 Å². The molecule has 210 valence electrons. The molecule has 1 heterocycles. The molecule has 1 unspecified atom stereocenters. The highest BCUT2D eigenvalue weighted by molar-refractivity contribution is 5.97. The van der Waals surface area contributed by atoms with E-state index >= 15 is 0 Å². The molecule has 0 radical (unpaired) electrons. The predicted octanol–water partition coefficient (Wildman–Crippen LogP) is 10.1. The summed E-state index contributed by atoms with van der Waals surface area (Å²) in [6, 6.07) is 0. The van der Waals surface area contributed by atoms with Crippen LogP contribution in [0.2, 0.25) is 0 Å². The molecule has 1 nitrogen and oxygen atoms in total. The van der Waals surface area contributed by atoms with Crippen LogP contribution in [0.3, 0.4) is 0 Å². The topological polar surface area (TPSA) is 3.01 Å².